The van der Waals surface area contributed by atoms with Gasteiger partial charge >= 0.3 is 12.1 Å². The minimum Gasteiger partial charge on any atom is -0.481 e. The van der Waals surface area contributed by atoms with Crippen LogP contribution in [0.2, 0.25) is 0 Å². The number of amides is 2. The number of carboxylic acids is 1. The van der Waals surface area contributed by atoms with Gasteiger partial charge in [0, 0.05) is 12.0 Å². The summed E-state index contributed by atoms with van der Waals surface area (Å²) in [6.07, 6.45) is 0.436. The van der Waals surface area contributed by atoms with Crippen LogP contribution in [0.5, 0.6) is 0 Å². The third-order valence-electron chi connectivity index (χ3n) is 6.79. The summed E-state index contributed by atoms with van der Waals surface area (Å²) in [6.45, 7) is 4.39. The van der Waals surface area contributed by atoms with Crippen LogP contribution in [-0.4, -0.2) is 41.8 Å². The zero-order valence-electron chi connectivity index (χ0n) is 18.9. The van der Waals surface area contributed by atoms with Gasteiger partial charge in [0.1, 0.15) is 12.6 Å². The van der Waals surface area contributed by atoms with Crippen molar-refractivity contribution in [3.8, 4) is 11.1 Å². The first-order valence-corrected chi connectivity index (χ1v) is 11.5. The van der Waals surface area contributed by atoms with Crippen LogP contribution in [0, 0.1) is 11.8 Å². The Hall–Kier alpha value is -3.35. The Morgan fingerprint density at radius 2 is 1.58 bits per heavy atom. The molecule has 7 nitrogen and oxygen atoms in total. The van der Waals surface area contributed by atoms with Crippen LogP contribution in [0.4, 0.5) is 4.79 Å². The Morgan fingerprint density at radius 1 is 1.00 bits per heavy atom. The molecule has 1 fully saturated rings. The molecule has 1 atom stereocenters. The largest absolute Gasteiger partial charge is 0.481 e. The number of nitrogens with one attached hydrogen (secondary N) is 2. The predicted molar refractivity (Wildman–Crippen MR) is 124 cm³/mol. The lowest BCUT2D eigenvalue weighted by Crippen LogP contribution is -2.54. The highest BCUT2D eigenvalue weighted by molar-refractivity contribution is 5.89. The lowest BCUT2D eigenvalue weighted by molar-refractivity contribution is -0.140. The first-order chi connectivity index (χ1) is 15.8. The molecule has 7 heteroatoms. The third kappa shape index (κ3) is 5.02. The minimum atomic E-state index is -1.18. The molecule has 0 spiro atoms. The van der Waals surface area contributed by atoms with Crippen molar-refractivity contribution in [2.75, 3.05) is 6.61 Å². The highest BCUT2D eigenvalue weighted by Gasteiger charge is 2.35. The number of carboxylic acid groups (broad SMARTS) is 1. The van der Waals surface area contributed by atoms with Gasteiger partial charge in [0.25, 0.3) is 0 Å². The van der Waals surface area contributed by atoms with E-state index < -0.39 is 30.4 Å². The number of benzene rings is 2. The average molecular weight is 451 g/mol. The van der Waals surface area contributed by atoms with Crippen LogP contribution >= 0.6 is 0 Å². The van der Waals surface area contributed by atoms with E-state index in [2.05, 4.69) is 24.5 Å². The minimum absolute atomic E-state index is 0.0190. The van der Waals surface area contributed by atoms with E-state index in [9.17, 15) is 19.5 Å². The molecule has 0 heterocycles. The second-order valence-electron chi connectivity index (χ2n) is 9.30. The Morgan fingerprint density at radius 3 is 2.12 bits per heavy atom. The van der Waals surface area contributed by atoms with E-state index in [4.69, 9.17) is 4.74 Å². The van der Waals surface area contributed by atoms with E-state index in [1.807, 2.05) is 48.5 Å². The van der Waals surface area contributed by atoms with Crippen molar-refractivity contribution in [1.82, 2.24) is 10.6 Å². The summed E-state index contributed by atoms with van der Waals surface area (Å²) in [7, 11) is 0. The Bertz CT molecular complexity index is 999. The van der Waals surface area contributed by atoms with E-state index in [-0.39, 0.29) is 18.6 Å². The van der Waals surface area contributed by atoms with E-state index in [1.165, 1.54) is 0 Å². The molecule has 0 aromatic heterocycles. The number of ether oxygens (including phenoxy) is 1. The SMILES string of the molecule is CC(C)C1CC(NC(=O)C(CC(=O)O)NC(=O)OCC2c3ccccc3-c3ccccc32)C1. The second-order valence-corrected chi connectivity index (χ2v) is 9.30. The van der Waals surface area contributed by atoms with Crippen LogP contribution in [0.25, 0.3) is 11.1 Å². The third-order valence-corrected chi connectivity index (χ3v) is 6.79. The maximum Gasteiger partial charge on any atom is 0.407 e. The van der Waals surface area contributed by atoms with Crippen molar-refractivity contribution in [2.24, 2.45) is 11.8 Å². The molecule has 2 aromatic carbocycles. The number of rotatable bonds is 8. The normalized spacial score (nSPS) is 19.7. The average Bonchev–Trinajstić information content (AvgIpc) is 3.07. The first-order valence-electron chi connectivity index (χ1n) is 11.5. The Labute approximate surface area is 193 Å². The first kappa shape index (κ1) is 22.8. The van der Waals surface area contributed by atoms with Gasteiger partial charge in [-0.05, 0) is 46.9 Å². The zero-order valence-corrected chi connectivity index (χ0v) is 18.9. The molecule has 2 aliphatic carbocycles. The monoisotopic (exact) mass is 450 g/mol. The molecular formula is C26H30N2O5. The van der Waals surface area contributed by atoms with Gasteiger partial charge in [0.05, 0.1) is 6.42 Å². The van der Waals surface area contributed by atoms with E-state index in [0.717, 1.165) is 35.1 Å². The van der Waals surface area contributed by atoms with Crippen LogP contribution in [-0.2, 0) is 14.3 Å². The number of hydrogen-bond donors (Lipinski definition) is 3. The maximum absolute atomic E-state index is 12.6. The molecule has 33 heavy (non-hydrogen) atoms. The number of hydrogen-bond acceptors (Lipinski definition) is 4. The van der Waals surface area contributed by atoms with Crippen LogP contribution in [0.3, 0.4) is 0 Å². The molecule has 0 aliphatic heterocycles. The smallest absolute Gasteiger partial charge is 0.407 e. The number of fused-ring (bicyclic) bond motifs is 3. The van der Waals surface area contributed by atoms with Gasteiger partial charge in [-0.15, -0.1) is 0 Å². The molecule has 2 aromatic rings. The van der Waals surface area contributed by atoms with Crippen LogP contribution in [0.15, 0.2) is 48.5 Å². The lowest BCUT2D eigenvalue weighted by Gasteiger charge is -2.39. The molecule has 1 unspecified atom stereocenters. The molecular weight excluding hydrogens is 420 g/mol. The summed E-state index contributed by atoms with van der Waals surface area (Å²) in [5.41, 5.74) is 4.39. The van der Waals surface area contributed by atoms with Gasteiger partial charge in [-0.3, -0.25) is 9.59 Å². The fourth-order valence-electron chi connectivity index (χ4n) is 4.79. The van der Waals surface area contributed by atoms with E-state index >= 15 is 0 Å². The van der Waals surface area contributed by atoms with E-state index in [0.29, 0.717) is 11.8 Å². The number of alkyl carbamates (subject to hydrolysis) is 1. The molecule has 1 saturated carbocycles. The molecule has 3 N–H and O–H groups in total. The summed E-state index contributed by atoms with van der Waals surface area (Å²) in [5.74, 6) is -0.658. The molecule has 2 aliphatic rings. The summed E-state index contributed by atoms with van der Waals surface area (Å²) in [4.78, 5) is 36.4. The lowest BCUT2D eigenvalue weighted by atomic mass is 9.73. The molecule has 0 bridgehead atoms. The van der Waals surface area contributed by atoms with Crippen LogP contribution in [0.1, 0.15) is 50.2 Å². The van der Waals surface area contributed by atoms with Gasteiger partial charge in [0.15, 0.2) is 0 Å². The number of carbonyl (C=O) groups excluding carboxylic acids is 2. The van der Waals surface area contributed by atoms with Crippen molar-refractivity contribution in [3.05, 3.63) is 59.7 Å². The van der Waals surface area contributed by atoms with Gasteiger partial charge in [0.2, 0.25) is 5.91 Å². The van der Waals surface area contributed by atoms with Crippen molar-refractivity contribution < 1.29 is 24.2 Å². The Kier molecular flexibility index (Phi) is 6.67. The quantitative estimate of drug-likeness (QED) is 0.565. The molecule has 0 radical (unpaired) electrons. The molecule has 0 saturated heterocycles. The topological polar surface area (TPSA) is 105 Å². The van der Waals surface area contributed by atoms with Gasteiger partial charge < -0.3 is 20.5 Å². The molecule has 2 amide bonds. The summed E-state index contributed by atoms with van der Waals surface area (Å²) in [6, 6.07) is 14.8. The van der Waals surface area contributed by atoms with Crippen molar-refractivity contribution >= 4 is 18.0 Å². The van der Waals surface area contributed by atoms with Crippen molar-refractivity contribution in [2.45, 2.75) is 51.1 Å². The van der Waals surface area contributed by atoms with Crippen molar-refractivity contribution in [1.29, 1.82) is 0 Å². The van der Waals surface area contributed by atoms with Crippen LogP contribution < -0.4 is 10.6 Å². The second kappa shape index (κ2) is 9.65. The summed E-state index contributed by atoms with van der Waals surface area (Å²) in [5, 5.41) is 14.5. The fourth-order valence-corrected chi connectivity index (χ4v) is 4.79. The van der Waals surface area contributed by atoms with Gasteiger partial charge in [-0.25, -0.2) is 4.79 Å². The van der Waals surface area contributed by atoms with Crippen molar-refractivity contribution in [3.63, 3.8) is 0 Å². The standard InChI is InChI=1S/C26H30N2O5/c1-15(2)16-11-17(12-16)27-25(31)23(13-24(29)30)28-26(32)33-14-22-20-9-5-3-7-18(20)19-8-4-6-10-21(19)22/h3-10,15-17,22-23H,11-14H2,1-2H3,(H,27,31)(H,28,32)(H,29,30). The summed E-state index contributed by atoms with van der Waals surface area (Å²) < 4.78 is 5.47. The highest BCUT2D eigenvalue weighted by Crippen LogP contribution is 2.44. The van der Waals surface area contributed by atoms with Gasteiger partial charge in [-0.1, -0.05) is 62.4 Å². The molecule has 174 valence electrons. The fraction of sp³-hybridized carbons (Fsp3) is 0.423. The highest BCUT2D eigenvalue weighted by atomic mass is 16.5. The maximum atomic E-state index is 12.6. The predicted octanol–water partition coefficient (Wildman–Crippen LogP) is 3.92. The summed E-state index contributed by atoms with van der Waals surface area (Å²) >= 11 is 0. The van der Waals surface area contributed by atoms with E-state index in [1.54, 1.807) is 0 Å². The number of carbonyl (C=O) groups is 3. The zero-order chi connectivity index (χ0) is 23.5. The Balaban J connectivity index is 1.36. The number of aliphatic carboxylic acids is 1. The van der Waals surface area contributed by atoms with Gasteiger partial charge in [-0.2, -0.15) is 0 Å². The molecule has 4 rings (SSSR count).